The summed E-state index contributed by atoms with van der Waals surface area (Å²) in [7, 11) is 0. The van der Waals surface area contributed by atoms with Gasteiger partial charge in [0.25, 0.3) is 5.76 Å². The Kier molecular flexibility index (Phi) is 7.71. The summed E-state index contributed by atoms with van der Waals surface area (Å²) < 4.78 is 57.1. The molecular formula is C30H25F3O5. The van der Waals surface area contributed by atoms with Gasteiger partial charge in [0, 0.05) is 12.1 Å². The largest absolute Gasteiger partial charge is 0.453 e. The first-order valence-corrected chi connectivity index (χ1v) is 12.0. The molecule has 8 heteroatoms. The number of carbonyl (C=O) groups excluding carboxylic acids is 1. The molecule has 0 saturated carbocycles. The third-order valence-corrected chi connectivity index (χ3v) is 5.86. The molecule has 196 valence electrons. The van der Waals surface area contributed by atoms with Gasteiger partial charge in [-0.3, -0.25) is 4.79 Å². The first kappa shape index (κ1) is 26.7. The number of ether oxygens (including phenoxy) is 2. The van der Waals surface area contributed by atoms with Gasteiger partial charge in [-0.25, -0.2) is 4.79 Å². The summed E-state index contributed by atoms with van der Waals surface area (Å²) in [6.45, 7) is 6.08. The highest BCUT2D eigenvalue weighted by atomic mass is 19.4. The molecule has 0 bridgehead atoms. The van der Waals surface area contributed by atoms with Gasteiger partial charge >= 0.3 is 12.1 Å². The van der Waals surface area contributed by atoms with E-state index in [1.807, 2.05) is 31.2 Å². The molecule has 38 heavy (non-hydrogen) atoms. The maximum atomic E-state index is 13.8. The molecule has 0 N–H and O–H groups in total. The van der Waals surface area contributed by atoms with Crippen molar-refractivity contribution in [1.82, 2.24) is 0 Å². The molecule has 0 saturated heterocycles. The van der Waals surface area contributed by atoms with Crippen molar-refractivity contribution in [3.8, 4) is 17.2 Å². The van der Waals surface area contributed by atoms with Crippen LogP contribution in [-0.2, 0) is 17.4 Å². The van der Waals surface area contributed by atoms with Gasteiger partial charge in [-0.15, -0.1) is 0 Å². The lowest BCUT2D eigenvalue weighted by Crippen LogP contribution is -2.15. The van der Waals surface area contributed by atoms with Gasteiger partial charge in [-0.05, 0) is 59.4 Å². The summed E-state index contributed by atoms with van der Waals surface area (Å²) in [6, 6.07) is 17.6. The molecule has 0 amide bonds. The summed E-state index contributed by atoms with van der Waals surface area (Å²) in [5.74, 6) is -2.93. The van der Waals surface area contributed by atoms with E-state index in [9.17, 15) is 22.8 Å². The summed E-state index contributed by atoms with van der Waals surface area (Å²) in [4.78, 5) is 25.3. The Balaban J connectivity index is 1.60. The van der Waals surface area contributed by atoms with E-state index in [0.717, 1.165) is 29.2 Å². The predicted octanol–water partition coefficient (Wildman–Crippen LogP) is 7.91. The first-order valence-electron chi connectivity index (χ1n) is 12.0. The third kappa shape index (κ3) is 6.14. The zero-order chi connectivity index (χ0) is 27.4. The monoisotopic (exact) mass is 522 g/mol. The fourth-order valence-corrected chi connectivity index (χ4v) is 3.72. The van der Waals surface area contributed by atoms with Gasteiger partial charge in [0.15, 0.2) is 0 Å². The fraction of sp³-hybridized carbons (Fsp3) is 0.200. The Hall–Kier alpha value is -4.33. The molecule has 0 radical (unpaired) electrons. The Labute approximate surface area is 217 Å². The van der Waals surface area contributed by atoms with Crippen LogP contribution in [0.15, 0.2) is 82.0 Å². The summed E-state index contributed by atoms with van der Waals surface area (Å²) in [6.07, 6.45) is -1.51. The molecule has 0 aliphatic heterocycles. The van der Waals surface area contributed by atoms with E-state index in [4.69, 9.17) is 13.9 Å². The van der Waals surface area contributed by atoms with Crippen molar-refractivity contribution in [2.75, 3.05) is 0 Å². The number of halogens is 3. The van der Waals surface area contributed by atoms with Crippen LogP contribution in [0.25, 0.3) is 17.0 Å². The lowest BCUT2D eigenvalue weighted by atomic mass is 10.0. The van der Waals surface area contributed by atoms with Gasteiger partial charge in [0.05, 0.1) is 5.39 Å². The van der Waals surface area contributed by atoms with Gasteiger partial charge < -0.3 is 13.9 Å². The van der Waals surface area contributed by atoms with Gasteiger partial charge in [-0.2, -0.15) is 13.2 Å². The molecule has 5 nitrogen and oxygen atoms in total. The molecule has 0 fully saturated rings. The number of aryl methyl sites for hydroxylation is 1. The van der Waals surface area contributed by atoms with Crippen molar-refractivity contribution in [2.24, 2.45) is 0 Å². The second-order valence-corrected chi connectivity index (χ2v) is 8.92. The molecule has 0 aliphatic carbocycles. The Morgan fingerprint density at radius 2 is 1.63 bits per heavy atom. The first-order chi connectivity index (χ1) is 18.0. The van der Waals surface area contributed by atoms with Crippen molar-refractivity contribution < 1.29 is 31.9 Å². The number of alkyl halides is 3. The van der Waals surface area contributed by atoms with E-state index in [1.54, 1.807) is 18.2 Å². The molecule has 0 atom stereocenters. The summed E-state index contributed by atoms with van der Waals surface area (Å²) in [5.41, 5.74) is 1.50. The second kappa shape index (κ2) is 11.0. The molecular weight excluding hydrogens is 497 g/mol. The van der Waals surface area contributed by atoms with Crippen molar-refractivity contribution in [3.63, 3.8) is 0 Å². The zero-order valence-corrected chi connectivity index (χ0v) is 21.0. The quantitative estimate of drug-likeness (QED) is 0.140. The number of fused-ring (bicyclic) bond motifs is 1. The van der Waals surface area contributed by atoms with Crippen LogP contribution in [0.4, 0.5) is 13.2 Å². The van der Waals surface area contributed by atoms with Crippen LogP contribution in [0.3, 0.4) is 0 Å². The van der Waals surface area contributed by atoms with Gasteiger partial charge in [0.2, 0.25) is 11.2 Å². The minimum Gasteiger partial charge on any atom is -0.449 e. The molecule has 1 heterocycles. The van der Waals surface area contributed by atoms with Gasteiger partial charge in [-0.1, -0.05) is 57.2 Å². The van der Waals surface area contributed by atoms with E-state index in [-0.39, 0.29) is 16.9 Å². The van der Waals surface area contributed by atoms with E-state index in [1.165, 1.54) is 30.3 Å². The highest BCUT2D eigenvalue weighted by Gasteiger charge is 2.40. The van der Waals surface area contributed by atoms with Crippen LogP contribution in [0.5, 0.6) is 17.2 Å². The average molecular weight is 523 g/mol. The van der Waals surface area contributed by atoms with Crippen LogP contribution >= 0.6 is 0 Å². The smallest absolute Gasteiger partial charge is 0.449 e. The number of carbonyl (C=O) groups is 1. The van der Waals surface area contributed by atoms with E-state index < -0.39 is 34.7 Å². The molecule has 4 rings (SSSR count). The van der Waals surface area contributed by atoms with E-state index in [2.05, 4.69) is 13.8 Å². The topological polar surface area (TPSA) is 65.7 Å². The van der Waals surface area contributed by atoms with E-state index >= 15 is 0 Å². The van der Waals surface area contributed by atoms with Crippen molar-refractivity contribution >= 4 is 23.0 Å². The maximum Gasteiger partial charge on any atom is 0.453 e. The Morgan fingerprint density at radius 1 is 0.974 bits per heavy atom. The Morgan fingerprint density at radius 3 is 2.24 bits per heavy atom. The highest BCUT2D eigenvalue weighted by Crippen LogP contribution is 2.38. The molecule has 0 spiro atoms. The van der Waals surface area contributed by atoms with E-state index in [0.29, 0.717) is 5.92 Å². The van der Waals surface area contributed by atoms with Crippen molar-refractivity contribution in [3.05, 3.63) is 105 Å². The zero-order valence-electron chi connectivity index (χ0n) is 21.0. The van der Waals surface area contributed by atoms with Crippen molar-refractivity contribution in [1.29, 1.82) is 0 Å². The highest BCUT2D eigenvalue weighted by molar-refractivity contribution is 5.89. The number of benzene rings is 3. The minimum absolute atomic E-state index is 0.0653. The summed E-state index contributed by atoms with van der Waals surface area (Å²) >= 11 is 0. The van der Waals surface area contributed by atoms with Crippen LogP contribution in [0, 0.1) is 0 Å². The van der Waals surface area contributed by atoms with Crippen LogP contribution < -0.4 is 14.9 Å². The second-order valence-electron chi connectivity index (χ2n) is 8.92. The Bertz CT molecular complexity index is 1530. The lowest BCUT2D eigenvalue weighted by Gasteiger charge is -2.13. The molecule has 3 aromatic carbocycles. The number of rotatable bonds is 7. The van der Waals surface area contributed by atoms with Crippen LogP contribution in [0.2, 0.25) is 0 Å². The molecule has 0 unspecified atom stereocenters. The average Bonchev–Trinajstić information content (AvgIpc) is 2.89. The number of hydrogen-bond donors (Lipinski definition) is 0. The number of esters is 1. The predicted molar refractivity (Wildman–Crippen MR) is 139 cm³/mol. The molecule has 4 aromatic rings. The third-order valence-electron chi connectivity index (χ3n) is 5.86. The minimum atomic E-state index is -5.01. The lowest BCUT2D eigenvalue weighted by molar-refractivity contribution is -0.154. The SMILES string of the molecule is CCc1ccc(Oc2c(C(F)(F)F)oc3cc(OC(=O)/C=C/c4ccc(C(C)C)cc4)ccc3c2=O)cc1. The van der Waals surface area contributed by atoms with Crippen LogP contribution in [0.1, 0.15) is 49.1 Å². The molecule has 0 aliphatic rings. The fourth-order valence-electron chi connectivity index (χ4n) is 3.72. The molecule has 1 aromatic heterocycles. The normalized spacial score (nSPS) is 11.9. The van der Waals surface area contributed by atoms with Gasteiger partial charge in [0.1, 0.15) is 17.1 Å². The van der Waals surface area contributed by atoms with Crippen molar-refractivity contribution in [2.45, 2.75) is 39.3 Å². The summed E-state index contributed by atoms with van der Waals surface area (Å²) in [5, 5.41) is -0.154. The van der Waals surface area contributed by atoms with Crippen LogP contribution in [-0.4, -0.2) is 5.97 Å². The number of hydrogen-bond acceptors (Lipinski definition) is 5. The maximum absolute atomic E-state index is 13.8. The standard InChI is InChI=1S/C30H25F3O5/c1-4-19-7-12-22(13-8-19)37-28-27(35)24-15-14-23(17-25(24)38-29(28)30(31,32)33)36-26(34)16-9-20-5-10-21(11-6-20)18(2)3/h5-18H,4H2,1-3H3/b16-9+.